The number of amides is 2. The van der Waals surface area contributed by atoms with Crippen LogP contribution in [0, 0.1) is 6.92 Å². The first-order valence-corrected chi connectivity index (χ1v) is 5.53. The maximum Gasteiger partial charge on any atom is 0.324 e. The highest BCUT2D eigenvalue weighted by molar-refractivity contribution is 7.15. The highest BCUT2D eigenvalue weighted by Gasteiger charge is 2.16. The van der Waals surface area contributed by atoms with Crippen molar-refractivity contribution in [1.82, 2.24) is 15.1 Å². The summed E-state index contributed by atoms with van der Waals surface area (Å²) in [5, 5.41) is 19.6. The van der Waals surface area contributed by atoms with E-state index in [1.807, 2.05) is 0 Å². The van der Waals surface area contributed by atoms with E-state index in [1.165, 1.54) is 17.4 Å². The van der Waals surface area contributed by atoms with Crippen molar-refractivity contribution in [2.75, 3.05) is 18.4 Å². The summed E-state index contributed by atoms with van der Waals surface area (Å²) in [6.45, 7) is 4.97. The maximum atomic E-state index is 11.7. The molecule has 2 N–H and O–H groups in total. The lowest BCUT2D eigenvalue weighted by atomic mass is 10.5. The van der Waals surface area contributed by atoms with Gasteiger partial charge in [0.05, 0.1) is 0 Å². The minimum Gasteiger partial charge on any atom is -0.480 e. The largest absolute Gasteiger partial charge is 0.480 e. The van der Waals surface area contributed by atoms with Crippen molar-refractivity contribution in [2.24, 2.45) is 0 Å². The molecule has 0 aromatic carbocycles. The van der Waals surface area contributed by atoms with Crippen LogP contribution in [0.2, 0.25) is 0 Å². The second kappa shape index (κ2) is 5.94. The average molecular weight is 256 g/mol. The van der Waals surface area contributed by atoms with Crippen molar-refractivity contribution < 1.29 is 14.7 Å². The molecule has 1 aromatic heterocycles. The fourth-order valence-electron chi connectivity index (χ4n) is 1.06. The van der Waals surface area contributed by atoms with E-state index in [2.05, 4.69) is 22.1 Å². The van der Waals surface area contributed by atoms with Gasteiger partial charge in [-0.25, -0.2) is 4.79 Å². The molecule has 0 bridgehead atoms. The first-order chi connectivity index (χ1) is 8.02. The number of carboxylic acid groups (broad SMARTS) is 1. The molecule has 8 heteroatoms. The molecule has 1 heterocycles. The number of nitrogens with one attached hydrogen (secondary N) is 1. The molecule has 17 heavy (non-hydrogen) atoms. The predicted molar refractivity (Wildman–Crippen MR) is 63.1 cm³/mol. The van der Waals surface area contributed by atoms with Gasteiger partial charge in [-0.1, -0.05) is 17.4 Å². The first kappa shape index (κ1) is 13.1. The van der Waals surface area contributed by atoms with Gasteiger partial charge in [0.15, 0.2) is 0 Å². The van der Waals surface area contributed by atoms with E-state index in [-0.39, 0.29) is 6.54 Å². The lowest BCUT2D eigenvalue weighted by Gasteiger charge is -2.18. The highest BCUT2D eigenvalue weighted by atomic mass is 32.1. The molecular formula is C9H12N4O3S. The Balaban J connectivity index is 2.64. The zero-order valence-corrected chi connectivity index (χ0v) is 10.0. The van der Waals surface area contributed by atoms with Crippen LogP contribution in [0.15, 0.2) is 12.7 Å². The molecule has 1 aromatic rings. The van der Waals surface area contributed by atoms with Crippen molar-refractivity contribution in [1.29, 1.82) is 0 Å². The zero-order chi connectivity index (χ0) is 12.8. The quantitative estimate of drug-likeness (QED) is 0.765. The van der Waals surface area contributed by atoms with E-state index < -0.39 is 18.5 Å². The molecule has 0 radical (unpaired) electrons. The van der Waals surface area contributed by atoms with Gasteiger partial charge in [0, 0.05) is 6.54 Å². The Morgan fingerprint density at radius 2 is 2.29 bits per heavy atom. The fraction of sp³-hybridized carbons (Fsp3) is 0.333. The summed E-state index contributed by atoms with van der Waals surface area (Å²) in [4.78, 5) is 23.4. The number of nitrogens with zero attached hydrogens (tertiary/aromatic N) is 3. The Morgan fingerprint density at radius 3 is 2.76 bits per heavy atom. The van der Waals surface area contributed by atoms with Gasteiger partial charge in [-0.15, -0.1) is 16.8 Å². The summed E-state index contributed by atoms with van der Waals surface area (Å²) in [5.74, 6) is -1.09. The first-order valence-electron chi connectivity index (χ1n) is 4.71. The Hall–Kier alpha value is -1.96. The minimum absolute atomic E-state index is 0.149. The number of carbonyl (C=O) groups excluding carboxylic acids is 1. The predicted octanol–water partition coefficient (Wildman–Crippen LogP) is 0.951. The van der Waals surface area contributed by atoms with Crippen LogP contribution in [0.5, 0.6) is 0 Å². The van der Waals surface area contributed by atoms with E-state index in [1.54, 1.807) is 6.92 Å². The van der Waals surface area contributed by atoms with Gasteiger partial charge in [0.1, 0.15) is 11.6 Å². The van der Waals surface area contributed by atoms with Crippen molar-refractivity contribution in [2.45, 2.75) is 6.92 Å². The van der Waals surface area contributed by atoms with Crippen LogP contribution in [-0.2, 0) is 4.79 Å². The number of carboxylic acids is 1. The average Bonchev–Trinajstić information content (AvgIpc) is 2.62. The summed E-state index contributed by atoms with van der Waals surface area (Å²) >= 11 is 1.22. The lowest BCUT2D eigenvalue weighted by Crippen LogP contribution is -2.38. The molecule has 0 saturated heterocycles. The van der Waals surface area contributed by atoms with E-state index in [4.69, 9.17) is 5.11 Å². The number of hydrogen-bond acceptors (Lipinski definition) is 5. The van der Waals surface area contributed by atoms with Gasteiger partial charge in [-0.2, -0.15) is 0 Å². The molecule has 0 atom stereocenters. The smallest absolute Gasteiger partial charge is 0.324 e. The molecule has 0 aliphatic heterocycles. The van der Waals surface area contributed by atoms with Gasteiger partial charge in [-0.3, -0.25) is 10.1 Å². The van der Waals surface area contributed by atoms with Crippen molar-refractivity contribution >= 4 is 28.5 Å². The maximum absolute atomic E-state index is 11.7. The Labute approximate surface area is 102 Å². The van der Waals surface area contributed by atoms with Crippen LogP contribution in [0.25, 0.3) is 0 Å². The molecule has 0 aliphatic rings. The second-order valence-electron chi connectivity index (χ2n) is 3.12. The van der Waals surface area contributed by atoms with Crippen LogP contribution in [-0.4, -0.2) is 45.3 Å². The number of carbonyl (C=O) groups is 2. The Kier molecular flexibility index (Phi) is 4.58. The Morgan fingerprint density at radius 1 is 1.59 bits per heavy atom. The molecule has 92 valence electrons. The van der Waals surface area contributed by atoms with E-state index in [0.717, 1.165) is 4.90 Å². The third kappa shape index (κ3) is 4.19. The van der Waals surface area contributed by atoms with Crippen LogP contribution < -0.4 is 5.32 Å². The molecule has 0 saturated carbocycles. The van der Waals surface area contributed by atoms with E-state index in [9.17, 15) is 9.59 Å². The molecule has 2 amide bonds. The zero-order valence-electron chi connectivity index (χ0n) is 9.21. The number of anilines is 1. The minimum atomic E-state index is -1.09. The molecule has 0 unspecified atom stereocenters. The van der Waals surface area contributed by atoms with Crippen molar-refractivity contribution in [3.8, 4) is 0 Å². The summed E-state index contributed by atoms with van der Waals surface area (Å²) < 4.78 is 0. The standard InChI is InChI=1S/C9H12N4O3S/c1-3-4-13(5-7(14)15)9(16)10-8-12-11-6(2)17-8/h3H,1,4-5H2,2H3,(H,14,15)(H,10,12,16). The van der Waals surface area contributed by atoms with Crippen molar-refractivity contribution in [3.63, 3.8) is 0 Å². The van der Waals surface area contributed by atoms with Gasteiger partial charge in [0.2, 0.25) is 5.13 Å². The summed E-state index contributed by atoms with van der Waals surface area (Å²) in [6.07, 6.45) is 1.45. The fourth-order valence-corrected chi connectivity index (χ4v) is 1.64. The summed E-state index contributed by atoms with van der Waals surface area (Å²) in [6, 6.07) is -0.538. The molecule has 0 aliphatic carbocycles. The lowest BCUT2D eigenvalue weighted by molar-refractivity contribution is -0.137. The summed E-state index contributed by atoms with van der Waals surface area (Å²) in [7, 11) is 0. The molecular weight excluding hydrogens is 244 g/mol. The number of rotatable bonds is 5. The van der Waals surface area contributed by atoms with E-state index >= 15 is 0 Å². The van der Waals surface area contributed by atoms with Gasteiger partial charge >= 0.3 is 12.0 Å². The van der Waals surface area contributed by atoms with Gasteiger partial charge in [0.25, 0.3) is 0 Å². The van der Waals surface area contributed by atoms with E-state index in [0.29, 0.717) is 10.1 Å². The normalized spacial score (nSPS) is 9.71. The van der Waals surface area contributed by atoms with Crippen LogP contribution in [0.3, 0.4) is 0 Å². The van der Waals surface area contributed by atoms with Crippen LogP contribution >= 0.6 is 11.3 Å². The van der Waals surface area contributed by atoms with Gasteiger partial charge in [-0.05, 0) is 6.92 Å². The summed E-state index contributed by atoms with van der Waals surface area (Å²) in [5.41, 5.74) is 0. The number of aromatic nitrogens is 2. The SMILES string of the molecule is C=CCN(CC(=O)O)C(=O)Nc1nnc(C)s1. The molecule has 0 spiro atoms. The second-order valence-corrected chi connectivity index (χ2v) is 4.30. The third-order valence-electron chi connectivity index (χ3n) is 1.70. The Bertz CT molecular complexity index is 432. The molecule has 0 fully saturated rings. The van der Waals surface area contributed by atoms with Gasteiger partial charge < -0.3 is 10.0 Å². The topological polar surface area (TPSA) is 95.4 Å². The number of hydrogen-bond donors (Lipinski definition) is 2. The monoisotopic (exact) mass is 256 g/mol. The molecule has 1 rings (SSSR count). The number of urea groups is 1. The number of aliphatic carboxylic acids is 1. The third-order valence-corrected chi connectivity index (χ3v) is 2.46. The number of aryl methyl sites for hydroxylation is 1. The van der Waals surface area contributed by atoms with Crippen LogP contribution in [0.1, 0.15) is 5.01 Å². The van der Waals surface area contributed by atoms with Crippen LogP contribution in [0.4, 0.5) is 9.93 Å². The van der Waals surface area contributed by atoms with Crippen molar-refractivity contribution in [3.05, 3.63) is 17.7 Å². The highest BCUT2D eigenvalue weighted by Crippen LogP contribution is 2.14. The molecule has 7 nitrogen and oxygen atoms in total.